The molecule has 5 amide bonds. The third kappa shape index (κ3) is 12.9. The number of rotatable bonds is 19. The number of carbonyl (C=O) groups excluding carboxylic acids is 5. The molecule has 0 aliphatic heterocycles. The smallest absolute Gasteiger partial charge is 0.253 e. The van der Waals surface area contributed by atoms with Crippen molar-refractivity contribution in [2.24, 2.45) is 0 Å². The second-order valence-electron chi connectivity index (χ2n) is 12.0. The number of carbonyl (C=O) groups is 5. The van der Waals surface area contributed by atoms with Crippen molar-refractivity contribution < 1.29 is 69.9 Å². The number of hydrogen-bond donors (Lipinski definition) is 12. The van der Waals surface area contributed by atoms with Gasteiger partial charge in [-0.05, 0) is 142 Å². The number of nitrogens with zero attached hydrogens (tertiary/aromatic N) is 2. The van der Waals surface area contributed by atoms with Crippen LogP contribution in [0.3, 0.4) is 0 Å². The summed E-state index contributed by atoms with van der Waals surface area (Å²) in [5.41, 5.74) is -0.0534. The molecule has 0 aliphatic carbocycles. The van der Waals surface area contributed by atoms with E-state index in [1.807, 2.05) is 67.8 Å². The van der Waals surface area contributed by atoms with Crippen LogP contribution in [-0.2, 0) is 9.59 Å². The van der Waals surface area contributed by atoms with Gasteiger partial charge in [0.15, 0.2) is 0 Å². The van der Waals surface area contributed by atoms with Gasteiger partial charge in [-0.2, -0.15) is 0 Å². The van der Waals surface area contributed by atoms with Gasteiger partial charge in [0.2, 0.25) is 11.8 Å². The monoisotopic (exact) mass is 1480 g/mol. The number of amides is 5. The van der Waals surface area contributed by atoms with E-state index in [-0.39, 0.29) is 38.8 Å². The maximum Gasteiger partial charge on any atom is 0.253 e. The highest BCUT2D eigenvalue weighted by atomic mass is 127. The van der Waals surface area contributed by atoms with Crippen molar-refractivity contribution >= 4 is 176 Å². The molecule has 2 aromatic carbocycles. The summed E-state index contributed by atoms with van der Waals surface area (Å²) in [4.78, 5) is 70.8. The lowest BCUT2D eigenvalue weighted by molar-refractivity contribution is -0.126. The summed E-state index contributed by atoms with van der Waals surface area (Å²) in [6, 6.07) is -2.27. The first kappa shape index (κ1) is 52.9. The zero-order valence-corrected chi connectivity index (χ0v) is 42.7. The predicted molar refractivity (Wildman–Crippen MR) is 255 cm³/mol. The van der Waals surface area contributed by atoms with Crippen LogP contribution < -0.4 is 25.8 Å². The molecule has 0 fully saturated rings. The van der Waals surface area contributed by atoms with Crippen molar-refractivity contribution in [3.05, 3.63) is 44.2 Å². The minimum Gasteiger partial charge on any atom is -0.394 e. The average molecular weight is 1480 g/mol. The molecule has 25 heteroatoms. The number of anilines is 2. The number of aliphatic hydroxyl groups excluding tert-OH is 9. The van der Waals surface area contributed by atoms with Crippen LogP contribution >= 0.6 is 136 Å². The standard InChI is InChI=1S/C32H39I6N5O14/c1-42(28-12(34)3-11(33)21(25(28)36)30(55)39-13(5-44)16(50)8-47)19(53)4-20(54)43(2)29-26(37)22(31(56)40-14(6-45)17(51)9-48)24(35)23(27(29)38)32(57)41-15(7-46)18(52)10-49/h3,13-18,44-52H,4-10H2,1-2H3,(H,39,55)(H,40,56)(H,41,57). The van der Waals surface area contributed by atoms with Crippen molar-refractivity contribution in [2.75, 3.05) is 63.5 Å². The van der Waals surface area contributed by atoms with E-state index in [4.69, 9.17) is 0 Å². The van der Waals surface area contributed by atoms with Crippen molar-refractivity contribution in [3.63, 3.8) is 0 Å². The van der Waals surface area contributed by atoms with Crippen LogP contribution in [-0.4, -0.2) is 166 Å². The molecule has 6 atom stereocenters. The zero-order valence-electron chi connectivity index (χ0n) is 29.7. The lowest BCUT2D eigenvalue weighted by Gasteiger charge is -2.28. The maximum absolute atomic E-state index is 13.9. The van der Waals surface area contributed by atoms with Gasteiger partial charge in [-0.1, -0.05) is 0 Å². The molecule has 0 aliphatic rings. The Morgan fingerprint density at radius 2 is 0.825 bits per heavy atom. The van der Waals surface area contributed by atoms with Gasteiger partial charge >= 0.3 is 0 Å². The van der Waals surface area contributed by atoms with Gasteiger partial charge in [-0.3, -0.25) is 24.0 Å². The fourth-order valence-electron chi connectivity index (χ4n) is 4.95. The zero-order chi connectivity index (χ0) is 43.6. The maximum atomic E-state index is 13.9. The van der Waals surface area contributed by atoms with Crippen LogP contribution in [0.4, 0.5) is 11.4 Å². The highest BCUT2D eigenvalue weighted by molar-refractivity contribution is 14.1. The molecule has 0 radical (unpaired) electrons. The van der Waals surface area contributed by atoms with Crippen molar-refractivity contribution in [2.45, 2.75) is 42.9 Å². The normalized spacial score (nSPS) is 14.5. The molecular weight excluding hydrogens is 1440 g/mol. The lowest BCUT2D eigenvalue weighted by Crippen LogP contribution is -2.49. The molecule has 12 N–H and O–H groups in total. The predicted octanol–water partition coefficient (Wildman–Crippen LogP) is -1.34. The van der Waals surface area contributed by atoms with E-state index in [1.165, 1.54) is 19.0 Å². The van der Waals surface area contributed by atoms with Crippen LogP contribution in [0.25, 0.3) is 0 Å². The SMILES string of the molecule is CN(C(=O)CC(=O)N(C)c1c(I)c(C(=O)NC(CO)C(O)CO)c(I)c(C(=O)NC(CO)C(O)CO)c1I)c1c(I)cc(I)c(C(=O)NC(CO)C(O)CO)c1I. The second kappa shape index (κ2) is 24.4. The van der Waals surface area contributed by atoms with E-state index < -0.39 is 112 Å². The molecule has 2 rings (SSSR count). The number of hydrogen-bond acceptors (Lipinski definition) is 14. The molecule has 57 heavy (non-hydrogen) atoms. The first-order chi connectivity index (χ1) is 26.7. The van der Waals surface area contributed by atoms with Gasteiger partial charge in [0, 0.05) is 24.8 Å². The fraction of sp³-hybridized carbons (Fsp3) is 0.469. The van der Waals surface area contributed by atoms with E-state index >= 15 is 0 Å². The molecule has 0 aromatic heterocycles. The first-order valence-corrected chi connectivity index (χ1v) is 22.7. The van der Waals surface area contributed by atoms with E-state index in [1.54, 1.807) is 73.8 Å². The van der Waals surface area contributed by atoms with Gasteiger partial charge in [0.25, 0.3) is 17.7 Å². The van der Waals surface area contributed by atoms with E-state index in [0.717, 1.165) is 4.90 Å². The Hall–Kier alpha value is -0.190. The van der Waals surface area contributed by atoms with Crippen LogP contribution in [0, 0.1) is 21.4 Å². The average Bonchev–Trinajstić information content (AvgIpc) is 3.16. The largest absolute Gasteiger partial charge is 0.394 e. The molecule has 0 heterocycles. The minimum absolute atomic E-state index is 0.0141. The van der Waals surface area contributed by atoms with Crippen molar-refractivity contribution in [3.8, 4) is 0 Å². The van der Waals surface area contributed by atoms with E-state index in [9.17, 15) is 69.9 Å². The third-order valence-electron chi connectivity index (χ3n) is 8.34. The van der Waals surface area contributed by atoms with Gasteiger partial charge in [0.1, 0.15) is 6.42 Å². The number of benzene rings is 2. The highest BCUT2D eigenvalue weighted by Crippen LogP contribution is 2.39. The summed E-state index contributed by atoms with van der Waals surface area (Å²) in [5, 5.41) is 94.9. The molecule has 0 bridgehead atoms. The summed E-state index contributed by atoms with van der Waals surface area (Å²) < 4.78 is 1.49. The van der Waals surface area contributed by atoms with E-state index in [0.29, 0.717) is 10.7 Å². The lowest BCUT2D eigenvalue weighted by atomic mass is 10.0. The molecule has 318 valence electrons. The Morgan fingerprint density at radius 3 is 1.16 bits per heavy atom. The Kier molecular flexibility index (Phi) is 22.7. The Labute approximate surface area is 407 Å². The summed E-state index contributed by atoms with van der Waals surface area (Å²) in [7, 11) is 2.68. The van der Waals surface area contributed by atoms with Crippen LogP contribution in [0.15, 0.2) is 6.07 Å². The molecule has 2 aromatic rings. The quantitative estimate of drug-likeness (QED) is 0.0573. The molecule has 0 saturated heterocycles. The minimum atomic E-state index is -1.57. The van der Waals surface area contributed by atoms with Gasteiger partial charge < -0.3 is 71.7 Å². The number of aliphatic hydroxyl groups is 9. The van der Waals surface area contributed by atoms with E-state index in [2.05, 4.69) is 16.0 Å². The molecule has 0 saturated carbocycles. The van der Waals surface area contributed by atoms with Gasteiger partial charge in [0.05, 0.1) is 115 Å². The molecular formula is C32H39I6N5O14. The van der Waals surface area contributed by atoms with Gasteiger partial charge in [-0.15, -0.1) is 0 Å². The summed E-state index contributed by atoms with van der Waals surface area (Å²) >= 11 is 11.0. The third-order valence-corrected chi connectivity index (χ3v) is 14.2. The van der Waals surface area contributed by atoms with Gasteiger partial charge in [-0.25, -0.2) is 0 Å². The number of halogens is 6. The molecule has 19 nitrogen and oxygen atoms in total. The number of nitrogens with one attached hydrogen (secondary N) is 3. The summed E-state index contributed by atoms with van der Waals surface area (Å²) in [5.74, 6) is -4.11. The fourth-order valence-corrected chi connectivity index (χ4v) is 14.4. The molecule has 6 unspecified atom stereocenters. The van der Waals surface area contributed by atoms with Crippen LogP contribution in [0.1, 0.15) is 37.5 Å². The Bertz CT molecular complexity index is 1770. The topological polar surface area (TPSA) is 310 Å². The molecule has 0 spiro atoms. The van der Waals surface area contributed by atoms with Crippen LogP contribution in [0.5, 0.6) is 0 Å². The summed E-state index contributed by atoms with van der Waals surface area (Å²) in [6.07, 6.45) is -5.36. The Balaban J connectivity index is 2.66. The second-order valence-corrected chi connectivity index (χ2v) is 18.7. The van der Waals surface area contributed by atoms with Crippen molar-refractivity contribution in [1.29, 1.82) is 0 Å². The Morgan fingerprint density at radius 1 is 0.509 bits per heavy atom. The summed E-state index contributed by atoms with van der Waals surface area (Å²) in [6.45, 7) is -4.58. The first-order valence-electron chi connectivity index (χ1n) is 16.2. The van der Waals surface area contributed by atoms with Crippen LogP contribution in [0.2, 0.25) is 0 Å². The van der Waals surface area contributed by atoms with Crippen molar-refractivity contribution in [1.82, 2.24) is 16.0 Å². The highest BCUT2D eigenvalue weighted by Gasteiger charge is 2.35.